The van der Waals surface area contributed by atoms with Gasteiger partial charge in [-0.05, 0) is 42.7 Å². The maximum Gasteiger partial charge on any atom is 0.253 e. The molecule has 3 rings (SSSR count). The Kier molecular flexibility index (Phi) is 8.97. The number of sulfonamides is 1. The summed E-state index contributed by atoms with van der Waals surface area (Å²) < 4.78 is 39.4. The van der Waals surface area contributed by atoms with Crippen LogP contribution >= 0.6 is 0 Å². The standard InChI is InChI=1S/C26H28FN3O4S/c1-35(33,34)30(24-15-8-6-13-22(24)27)19-9-16-25(31)29-23-14-7-5-12-21(23)26(32)28-18-17-20-10-3-2-4-11-20/h2-8,10-15H,9,16-19H2,1H3,(H,28,32)(H,29,31). The van der Waals surface area contributed by atoms with E-state index in [0.29, 0.717) is 24.2 Å². The van der Waals surface area contributed by atoms with Crippen molar-refractivity contribution < 1.29 is 22.4 Å². The van der Waals surface area contributed by atoms with Crippen LogP contribution in [0.1, 0.15) is 28.8 Å². The number of nitrogens with one attached hydrogen (secondary N) is 2. The number of anilines is 2. The highest BCUT2D eigenvalue weighted by Crippen LogP contribution is 2.22. The van der Waals surface area contributed by atoms with Gasteiger partial charge in [-0.3, -0.25) is 13.9 Å². The average Bonchev–Trinajstić information content (AvgIpc) is 2.83. The molecule has 184 valence electrons. The van der Waals surface area contributed by atoms with Gasteiger partial charge < -0.3 is 10.6 Å². The summed E-state index contributed by atoms with van der Waals surface area (Å²) in [4.78, 5) is 25.2. The Bertz CT molecular complexity index is 1270. The number of rotatable bonds is 11. The second-order valence-electron chi connectivity index (χ2n) is 7.98. The van der Waals surface area contributed by atoms with Crippen LogP contribution < -0.4 is 14.9 Å². The molecule has 0 unspecified atom stereocenters. The van der Waals surface area contributed by atoms with Crippen molar-refractivity contribution in [1.29, 1.82) is 0 Å². The van der Waals surface area contributed by atoms with Crippen LogP contribution in [0.25, 0.3) is 0 Å². The number of amides is 2. The molecule has 7 nitrogen and oxygen atoms in total. The van der Waals surface area contributed by atoms with E-state index in [1.165, 1.54) is 18.2 Å². The molecular weight excluding hydrogens is 469 g/mol. The van der Waals surface area contributed by atoms with Gasteiger partial charge in [0, 0.05) is 19.5 Å². The summed E-state index contributed by atoms with van der Waals surface area (Å²) in [6, 6.07) is 22.0. The minimum atomic E-state index is -3.74. The van der Waals surface area contributed by atoms with Crippen LogP contribution in [0.5, 0.6) is 0 Å². The first-order chi connectivity index (χ1) is 16.8. The third kappa shape index (κ3) is 7.65. The SMILES string of the molecule is CS(=O)(=O)N(CCCC(=O)Nc1ccccc1C(=O)NCCc1ccccc1)c1ccccc1F. The van der Waals surface area contributed by atoms with E-state index < -0.39 is 15.8 Å². The van der Waals surface area contributed by atoms with Crippen LogP contribution in [-0.4, -0.2) is 39.6 Å². The first kappa shape index (κ1) is 25.9. The largest absolute Gasteiger partial charge is 0.352 e. The zero-order valence-electron chi connectivity index (χ0n) is 19.4. The Balaban J connectivity index is 1.56. The Labute approximate surface area is 205 Å². The highest BCUT2D eigenvalue weighted by atomic mass is 32.2. The predicted molar refractivity (Wildman–Crippen MR) is 135 cm³/mol. The number of carbonyl (C=O) groups excluding carboxylic acids is 2. The number of hydrogen-bond acceptors (Lipinski definition) is 4. The summed E-state index contributed by atoms with van der Waals surface area (Å²) in [6.07, 6.45) is 1.83. The second kappa shape index (κ2) is 12.1. The van der Waals surface area contributed by atoms with Crippen molar-refractivity contribution in [3.05, 3.63) is 95.8 Å². The Morgan fingerprint density at radius 2 is 1.57 bits per heavy atom. The van der Waals surface area contributed by atoms with Crippen molar-refractivity contribution in [2.75, 3.05) is 29.0 Å². The molecule has 35 heavy (non-hydrogen) atoms. The molecule has 2 amide bonds. The van der Waals surface area contributed by atoms with Gasteiger partial charge in [0.25, 0.3) is 5.91 Å². The van der Waals surface area contributed by atoms with E-state index in [2.05, 4.69) is 10.6 Å². The summed E-state index contributed by atoms with van der Waals surface area (Å²) in [6.45, 7) is 0.386. The van der Waals surface area contributed by atoms with E-state index in [9.17, 15) is 22.4 Å². The molecule has 0 bridgehead atoms. The minimum Gasteiger partial charge on any atom is -0.352 e. The number of nitrogens with zero attached hydrogens (tertiary/aromatic N) is 1. The summed E-state index contributed by atoms with van der Waals surface area (Å²) >= 11 is 0. The zero-order chi connectivity index (χ0) is 25.3. The van der Waals surface area contributed by atoms with Crippen LogP contribution in [0.4, 0.5) is 15.8 Å². The Morgan fingerprint density at radius 3 is 2.29 bits per heavy atom. The second-order valence-corrected chi connectivity index (χ2v) is 9.88. The topological polar surface area (TPSA) is 95.6 Å². The summed E-state index contributed by atoms with van der Waals surface area (Å²) in [5.74, 6) is -1.34. The molecule has 3 aromatic carbocycles. The van der Waals surface area contributed by atoms with E-state index in [1.54, 1.807) is 30.3 Å². The summed E-state index contributed by atoms with van der Waals surface area (Å²) in [5, 5.41) is 5.58. The van der Waals surface area contributed by atoms with Gasteiger partial charge in [0.05, 0.1) is 23.2 Å². The molecule has 2 N–H and O–H groups in total. The van der Waals surface area contributed by atoms with Gasteiger partial charge in [0.2, 0.25) is 15.9 Å². The fourth-order valence-corrected chi connectivity index (χ4v) is 4.53. The Hall–Kier alpha value is -3.72. The van der Waals surface area contributed by atoms with E-state index in [-0.39, 0.29) is 36.9 Å². The number of carbonyl (C=O) groups is 2. The molecule has 0 aliphatic rings. The van der Waals surface area contributed by atoms with E-state index >= 15 is 0 Å². The van der Waals surface area contributed by atoms with E-state index in [1.807, 2.05) is 30.3 Å². The number of hydrogen-bond donors (Lipinski definition) is 2. The van der Waals surface area contributed by atoms with Gasteiger partial charge in [-0.25, -0.2) is 12.8 Å². The number of para-hydroxylation sites is 2. The molecule has 0 aliphatic carbocycles. The lowest BCUT2D eigenvalue weighted by molar-refractivity contribution is -0.116. The number of benzene rings is 3. The third-order valence-corrected chi connectivity index (χ3v) is 6.45. The maximum absolute atomic E-state index is 14.1. The van der Waals surface area contributed by atoms with Crippen molar-refractivity contribution in [2.45, 2.75) is 19.3 Å². The van der Waals surface area contributed by atoms with Crippen LogP contribution in [0.15, 0.2) is 78.9 Å². The zero-order valence-corrected chi connectivity index (χ0v) is 20.2. The lowest BCUT2D eigenvalue weighted by Crippen LogP contribution is -2.32. The maximum atomic E-state index is 14.1. The highest BCUT2D eigenvalue weighted by Gasteiger charge is 2.21. The third-order valence-electron chi connectivity index (χ3n) is 5.27. The summed E-state index contributed by atoms with van der Waals surface area (Å²) in [7, 11) is -3.74. The Morgan fingerprint density at radius 1 is 0.914 bits per heavy atom. The van der Waals surface area contributed by atoms with Crippen LogP contribution in [0, 0.1) is 5.82 Å². The monoisotopic (exact) mass is 497 g/mol. The van der Waals surface area contributed by atoms with Gasteiger partial charge in [-0.15, -0.1) is 0 Å². The van der Waals surface area contributed by atoms with Crippen molar-refractivity contribution in [1.82, 2.24) is 5.32 Å². The van der Waals surface area contributed by atoms with Crippen molar-refractivity contribution in [3.63, 3.8) is 0 Å². The quantitative estimate of drug-likeness (QED) is 0.419. The molecule has 0 aromatic heterocycles. The summed E-state index contributed by atoms with van der Waals surface area (Å²) in [5.41, 5.74) is 1.74. The lowest BCUT2D eigenvalue weighted by Gasteiger charge is -2.22. The van der Waals surface area contributed by atoms with Gasteiger partial charge in [0.15, 0.2) is 0 Å². The fourth-order valence-electron chi connectivity index (χ4n) is 3.57. The molecule has 3 aromatic rings. The molecule has 0 aliphatic heterocycles. The first-order valence-corrected chi connectivity index (χ1v) is 13.0. The van der Waals surface area contributed by atoms with Crippen LogP contribution in [-0.2, 0) is 21.2 Å². The van der Waals surface area contributed by atoms with Gasteiger partial charge in [-0.1, -0.05) is 54.6 Å². The normalized spacial score (nSPS) is 11.0. The van der Waals surface area contributed by atoms with Gasteiger partial charge in [0.1, 0.15) is 5.82 Å². The molecule has 0 saturated carbocycles. The van der Waals surface area contributed by atoms with E-state index in [0.717, 1.165) is 16.1 Å². The highest BCUT2D eigenvalue weighted by molar-refractivity contribution is 7.92. The molecule has 0 fully saturated rings. The molecule has 0 saturated heterocycles. The molecule has 0 atom stereocenters. The number of halogens is 1. The van der Waals surface area contributed by atoms with Gasteiger partial charge >= 0.3 is 0 Å². The average molecular weight is 498 g/mol. The smallest absolute Gasteiger partial charge is 0.253 e. The van der Waals surface area contributed by atoms with Gasteiger partial charge in [-0.2, -0.15) is 0 Å². The van der Waals surface area contributed by atoms with Crippen LogP contribution in [0.3, 0.4) is 0 Å². The predicted octanol–water partition coefficient (Wildman–Crippen LogP) is 3.98. The fraction of sp³-hybridized carbons (Fsp3) is 0.231. The molecule has 0 radical (unpaired) electrons. The molecule has 9 heteroatoms. The van der Waals surface area contributed by atoms with E-state index in [4.69, 9.17) is 0 Å². The van der Waals surface area contributed by atoms with Crippen molar-refractivity contribution >= 4 is 33.2 Å². The molecular formula is C26H28FN3O4S. The van der Waals surface area contributed by atoms with Crippen molar-refractivity contribution in [2.24, 2.45) is 0 Å². The van der Waals surface area contributed by atoms with Crippen LogP contribution in [0.2, 0.25) is 0 Å². The molecule has 0 heterocycles. The molecule has 0 spiro atoms. The minimum absolute atomic E-state index is 0.00949. The lowest BCUT2D eigenvalue weighted by atomic mass is 10.1. The van der Waals surface area contributed by atoms with Crippen molar-refractivity contribution in [3.8, 4) is 0 Å². The first-order valence-electron chi connectivity index (χ1n) is 11.2.